The van der Waals surface area contributed by atoms with Crippen molar-refractivity contribution in [3.05, 3.63) is 48.2 Å². The monoisotopic (exact) mass is 319 g/mol. The van der Waals surface area contributed by atoms with E-state index < -0.39 is 24.1 Å². The third-order valence-corrected chi connectivity index (χ3v) is 4.14. The Hall–Kier alpha value is -1.93. The Morgan fingerprint density at radius 3 is 2.74 bits per heavy atom. The molecule has 2 aliphatic heterocycles. The SMILES string of the molecule is NC1(Cc2ccccc2)C=CN([C@H]2C[C@H](O)[C@@H](CO)O2)C(=O)N1. The van der Waals surface area contributed by atoms with Gasteiger partial charge in [-0.15, -0.1) is 0 Å². The van der Waals surface area contributed by atoms with E-state index in [1.807, 2.05) is 30.3 Å². The van der Waals surface area contributed by atoms with Gasteiger partial charge in [0.1, 0.15) is 18.0 Å². The van der Waals surface area contributed by atoms with Gasteiger partial charge in [-0.25, -0.2) is 4.79 Å². The average Bonchev–Trinajstić information content (AvgIpc) is 2.88. The van der Waals surface area contributed by atoms with E-state index in [9.17, 15) is 9.90 Å². The lowest BCUT2D eigenvalue weighted by Crippen LogP contribution is -2.62. The lowest BCUT2D eigenvalue weighted by atomic mass is 9.99. The lowest BCUT2D eigenvalue weighted by molar-refractivity contribution is -0.0548. The highest BCUT2D eigenvalue weighted by molar-refractivity contribution is 5.78. The number of hydrogen-bond acceptors (Lipinski definition) is 5. The molecule has 1 fully saturated rings. The fourth-order valence-electron chi connectivity index (χ4n) is 2.90. The molecule has 124 valence electrons. The normalized spacial score (nSPS) is 33.8. The minimum Gasteiger partial charge on any atom is -0.394 e. The van der Waals surface area contributed by atoms with E-state index in [1.165, 1.54) is 4.90 Å². The topological polar surface area (TPSA) is 108 Å². The number of benzene rings is 1. The van der Waals surface area contributed by atoms with E-state index in [-0.39, 0.29) is 19.1 Å². The first kappa shape index (κ1) is 15.9. The van der Waals surface area contributed by atoms with Crippen molar-refractivity contribution in [1.29, 1.82) is 0 Å². The first-order valence-electron chi connectivity index (χ1n) is 7.58. The number of aliphatic hydroxyl groups excluding tert-OH is 2. The summed E-state index contributed by atoms with van der Waals surface area (Å²) in [7, 11) is 0. The number of nitrogens with one attached hydrogen (secondary N) is 1. The zero-order valence-corrected chi connectivity index (χ0v) is 12.6. The summed E-state index contributed by atoms with van der Waals surface area (Å²) in [5.74, 6) is 0. The van der Waals surface area contributed by atoms with Crippen molar-refractivity contribution in [2.75, 3.05) is 6.61 Å². The number of aliphatic hydroxyl groups is 2. The fourth-order valence-corrected chi connectivity index (χ4v) is 2.90. The van der Waals surface area contributed by atoms with E-state index in [2.05, 4.69) is 5.32 Å². The highest BCUT2D eigenvalue weighted by atomic mass is 16.5. The molecule has 0 spiro atoms. The van der Waals surface area contributed by atoms with Gasteiger partial charge in [0, 0.05) is 19.0 Å². The summed E-state index contributed by atoms with van der Waals surface area (Å²) >= 11 is 0. The number of rotatable bonds is 4. The number of nitrogens with two attached hydrogens (primary N) is 1. The zero-order valence-electron chi connectivity index (χ0n) is 12.6. The van der Waals surface area contributed by atoms with Gasteiger partial charge in [-0.2, -0.15) is 0 Å². The van der Waals surface area contributed by atoms with Crippen molar-refractivity contribution >= 4 is 6.03 Å². The summed E-state index contributed by atoms with van der Waals surface area (Å²) in [6.45, 7) is -0.286. The second kappa shape index (κ2) is 6.29. The van der Waals surface area contributed by atoms with Crippen molar-refractivity contribution in [3.8, 4) is 0 Å². The Balaban J connectivity index is 1.70. The smallest absolute Gasteiger partial charge is 0.325 e. The molecule has 23 heavy (non-hydrogen) atoms. The maximum Gasteiger partial charge on any atom is 0.325 e. The molecule has 5 N–H and O–H groups in total. The molecule has 0 saturated carbocycles. The van der Waals surface area contributed by atoms with Gasteiger partial charge in [0.15, 0.2) is 0 Å². The van der Waals surface area contributed by atoms with Crippen LogP contribution in [0.4, 0.5) is 4.79 Å². The highest BCUT2D eigenvalue weighted by Gasteiger charge is 2.41. The summed E-state index contributed by atoms with van der Waals surface area (Å²) in [4.78, 5) is 13.7. The number of ether oxygens (including phenoxy) is 1. The Morgan fingerprint density at radius 1 is 1.39 bits per heavy atom. The predicted octanol–water partition coefficient (Wildman–Crippen LogP) is -0.109. The van der Waals surface area contributed by atoms with Crippen LogP contribution >= 0.6 is 0 Å². The molecule has 0 radical (unpaired) electrons. The van der Waals surface area contributed by atoms with E-state index in [0.717, 1.165) is 5.56 Å². The Labute approximate surface area is 134 Å². The van der Waals surface area contributed by atoms with Gasteiger partial charge >= 0.3 is 6.03 Å². The second-order valence-electron chi connectivity index (χ2n) is 5.97. The number of carbonyl (C=O) groups excluding carboxylic acids is 1. The molecule has 3 rings (SSSR count). The molecule has 7 nitrogen and oxygen atoms in total. The first-order valence-corrected chi connectivity index (χ1v) is 7.58. The molecule has 1 aromatic rings. The van der Waals surface area contributed by atoms with Crippen LogP contribution in [0.25, 0.3) is 0 Å². The third-order valence-electron chi connectivity index (χ3n) is 4.14. The van der Waals surface area contributed by atoms with E-state index in [0.29, 0.717) is 6.42 Å². The molecule has 2 heterocycles. The van der Waals surface area contributed by atoms with Crippen molar-refractivity contribution in [2.45, 2.75) is 36.9 Å². The molecule has 2 aliphatic rings. The Kier molecular flexibility index (Phi) is 4.36. The lowest BCUT2D eigenvalue weighted by Gasteiger charge is -2.37. The van der Waals surface area contributed by atoms with Crippen molar-refractivity contribution in [1.82, 2.24) is 10.2 Å². The van der Waals surface area contributed by atoms with Crippen molar-refractivity contribution in [2.24, 2.45) is 5.73 Å². The van der Waals surface area contributed by atoms with Crippen LogP contribution in [0.2, 0.25) is 0 Å². The molecule has 1 aromatic carbocycles. The molecule has 1 unspecified atom stereocenters. The number of nitrogens with zero attached hydrogens (tertiary/aromatic N) is 1. The second-order valence-corrected chi connectivity index (χ2v) is 5.97. The van der Waals surface area contributed by atoms with Crippen LogP contribution in [0.15, 0.2) is 42.6 Å². The number of carbonyl (C=O) groups is 1. The highest BCUT2D eigenvalue weighted by Crippen LogP contribution is 2.26. The Morgan fingerprint density at radius 2 is 2.13 bits per heavy atom. The van der Waals surface area contributed by atoms with E-state index in [4.69, 9.17) is 15.6 Å². The maximum absolute atomic E-state index is 12.3. The van der Waals surface area contributed by atoms with Crippen LogP contribution in [0.1, 0.15) is 12.0 Å². The van der Waals surface area contributed by atoms with Gasteiger partial charge in [0.2, 0.25) is 0 Å². The fraction of sp³-hybridized carbons (Fsp3) is 0.438. The van der Waals surface area contributed by atoms with Gasteiger partial charge in [-0.3, -0.25) is 4.90 Å². The van der Waals surface area contributed by atoms with Gasteiger partial charge in [0.25, 0.3) is 0 Å². The molecular weight excluding hydrogens is 298 g/mol. The minimum absolute atomic E-state index is 0.249. The third kappa shape index (κ3) is 3.37. The Bertz CT molecular complexity index is 594. The molecule has 0 aliphatic carbocycles. The van der Waals surface area contributed by atoms with Crippen LogP contribution in [0.3, 0.4) is 0 Å². The maximum atomic E-state index is 12.3. The largest absolute Gasteiger partial charge is 0.394 e. The van der Waals surface area contributed by atoms with Crippen LogP contribution in [-0.4, -0.2) is 51.8 Å². The van der Waals surface area contributed by atoms with E-state index >= 15 is 0 Å². The van der Waals surface area contributed by atoms with Gasteiger partial charge in [-0.1, -0.05) is 30.3 Å². The quantitative estimate of drug-likeness (QED) is 0.619. The minimum atomic E-state index is -0.970. The standard InChI is InChI=1S/C16H21N3O4/c17-16(9-11-4-2-1-3-5-11)6-7-19(15(22)18-16)14-8-12(21)13(10-20)23-14/h1-7,12-14,20-21H,8-10,17H2,(H,18,22)/t12-,13+,14+,16?/m0/s1. The average molecular weight is 319 g/mol. The summed E-state index contributed by atoms with van der Waals surface area (Å²) in [6.07, 6.45) is 1.94. The van der Waals surface area contributed by atoms with Gasteiger partial charge < -0.3 is 26.0 Å². The molecule has 1 saturated heterocycles. The predicted molar refractivity (Wildman–Crippen MR) is 82.9 cm³/mol. The number of hydrogen-bond donors (Lipinski definition) is 4. The van der Waals surface area contributed by atoms with Crippen LogP contribution in [0, 0.1) is 0 Å². The number of urea groups is 1. The van der Waals surface area contributed by atoms with Gasteiger partial charge in [-0.05, 0) is 11.6 Å². The van der Waals surface area contributed by atoms with Gasteiger partial charge in [0.05, 0.1) is 12.7 Å². The summed E-state index contributed by atoms with van der Waals surface area (Å²) in [5.41, 5.74) is 6.29. The molecule has 2 amide bonds. The van der Waals surface area contributed by atoms with Crippen LogP contribution in [-0.2, 0) is 11.2 Å². The molecule has 0 aromatic heterocycles. The van der Waals surface area contributed by atoms with E-state index in [1.54, 1.807) is 12.3 Å². The summed E-state index contributed by atoms with van der Waals surface area (Å²) in [6, 6.07) is 9.27. The van der Waals surface area contributed by atoms with Crippen molar-refractivity contribution in [3.63, 3.8) is 0 Å². The van der Waals surface area contributed by atoms with Crippen LogP contribution < -0.4 is 11.1 Å². The summed E-state index contributed by atoms with van der Waals surface area (Å²) in [5, 5.41) is 21.7. The summed E-state index contributed by atoms with van der Waals surface area (Å²) < 4.78 is 5.49. The first-order chi connectivity index (χ1) is 11.0. The van der Waals surface area contributed by atoms with Crippen LogP contribution in [0.5, 0.6) is 0 Å². The van der Waals surface area contributed by atoms with Crippen molar-refractivity contribution < 1.29 is 19.7 Å². The molecular formula is C16H21N3O4. The zero-order chi connectivity index (χ0) is 16.4. The molecule has 7 heteroatoms. The molecule has 0 bridgehead atoms. The molecule has 4 atom stereocenters. The number of amides is 2.